The van der Waals surface area contributed by atoms with Crippen molar-refractivity contribution in [3.8, 4) is 0 Å². The van der Waals surface area contributed by atoms with Gasteiger partial charge in [0.15, 0.2) is 0 Å². The Labute approximate surface area is 109 Å². The van der Waals surface area contributed by atoms with Gasteiger partial charge in [-0.1, -0.05) is 30.3 Å². The highest BCUT2D eigenvalue weighted by atomic mass is 16.5. The van der Waals surface area contributed by atoms with Crippen LogP contribution in [-0.2, 0) is 16.0 Å². The van der Waals surface area contributed by atoms with Crippen molar-refractivity contribution < 1.29 is 9.53 Å². The fourth-order valence-corrected chi connectivity index (χ4v) is 2.55. The highest BCUT2D eigenvalue weighted by Gasteiger charge is 2.25. The molecule has 98 valence electrons. The summed E-state index contributed by atoms with van der Waals surface area (Å²) in [6, 6.07) is 10.5. The minimum absolute atomic E-state index is 0.0561. The van der Waals surface area contributed by atoms with Crippen LogP contribution in [0.5, 0.6) is 0 Å². The second-order valence-corrected chi connectivity index (χ2v) is 4.90. The van der Waals surface area contributed by atoms with E-state index >= 15 is 0 Å². The van der Waals surface area contributed by atoms with Crippen molar-refractivity contribution >= 4 is 5.97 Å². The molecule has 1 heterocycles. The zero-order valence-electron chi connectivity index (χ0n) is 11.0. The summed E-state index contributed by atoms with van der Waals surface area (Å²) < 4.78 is 4.84. The van der Waals surface area contributed by atoms with E-state index in [0.29, 0.717) is 0 Å². The average molecular weight is 247 g/mol. The lowest BCUT2D eigenvalue weighted by molar-refractivity contribution is -0.147. The summed E-state index contributed by atoms with van der Waals surface area (Å²) in [6.45, 7) is 2.97. The van der Waals surface area contributed by atoms with Crippen LogP contribution in [0.25, 0.3) is 0 Å². The average Bonchev–Trinajstić information content (AvgIpc) is 2.45. The van der Waals surface area contributed by atoms with Crippen LogP contribution in [0.2, 0.25) is 0 Å². The number of piperidine rings is 1. The van der Waals surface area contributed by atoms with E-state index in [0.717, 1.165) is 38.9 Å². The van der Waals surface area contributed by atoms with Crippen LogP contribution in [-0.4, -0.2) is 37.6 Å². The molecule has 1 aliphatic rings. The van der Waals surface area contributed by atoms with Crippen LogP contribution in [0, 0.1) is 5.92 Å². The molecule has 18 heavy (non-hydrogen) atoms. The van der Waals surface area contributed by atoms with E-state index in [9.17, 15) is 4.79 Å². The Kier molecular flexibility index (Phi) is 4.76. The number of hydrogen-bond donors (Lipinski definition) is 0. The highest BCUT2D eigenvalue weighted by Crippen LogP contribution is 2.18. The van der Waals surface area contributed by atoms with E-state index in [1.807, 2.05) is 6.07 Å². The van der Waals surface area contributed by atoms with Gasteiger partial charge in [-0.3, -0.25) is 4.79 Å². The van der Waals surface area contributed by atoms with Crippen LogP contribution < -0.4 is 0 Å². The van der Waals surface area contributed by atoms with E-state index in [1.165, 1.54) is 12.7 Å². The molecule has 1 aliphatic heterocycles. The van der Waals surface area contributed by atoms with Crippen LogP contribution in [0.4, 0.5) is 0 Å². The summed E-state index contributed by atoms with van der Waals surface area (Å²) in [4.78, 5) is 13.9. The van der Waals surface area contributed by atoms with Crippen LogP contribution in [0.1, 0.15) is 18.4 Å². The van der Waals surface area contributed by atoms with Gasteiger partial charge in [-0.05, 0) is 31.4 Å². The fraction of sp³-hybridized carbons (Fsp3) is 0.533. The summed E-state index contributed by atoms with van der Waals surface area (Å²) in [5.74, 6) is 0.0129. The second-order valence-electron chi connectivity index (χ2n) is 4.90. The van der Waals surface area contributed by atoms with E-state index in [1.54, 1.807) is 0 Å². The first kappa shape index (κ1) is 13.1. The molecule has 0 amide bonds. The number of carbonyl (C=O) groups excluding carboxylic acids is 1. The van der Waals surface area contributed by atoms with E-state index in [-0.39, 0.29) is 11.9 Å². The van der Waals surface area contributed by atoms with Crippen molar-refractivity contribution in [1.29, 1.82) is 0 Å². The molecule has 1 fully saturated rings. The zero-order valence-corrected chi connectivity index (χ0v) is 11.0. The maximum Gasteiger partial charge on any atom is 0.309 e. The van der Waals surface area contributed by atoms with Gasteiger partial charge in [0, 0.05) is 13.1 Å². The number of likely N-dealkylation sites (tertiary alicyclic amines) is 1. The Morgan fingerprint density at radius 1 is 1.39 bits per heavy atom. The molecule has 1 saturated heterocycles. The molecule has 0 saturated carbocycles. The predicted octanol–water partition coefficient (Wildman–Crippen LogP) is 2.11. The molecule has 1 unspecified atom stereocenters. The van der Waals surface area contributed by atoms with E-state index < -0.39 is 0 Å². The largest absolute Gasteiger partial charge is 0.469 e. The number of ether oxygens (including phenoxy) is 1. The Bertz CT molecular complexity index is 377. The first-order valence-corrected chi connectivity index (χ1v) is 6.63. The molecule has 0 aliphatic carbocycles. The van der Waals surface area contributed by atoms with Crippen molar-refractivity contribution in [2.45, 2.75) is 19.3 Å². The Balaban J connectivity index is 1.81. The SMILES string of the molecule is COC(=O)C1CCCN(CCc2ccccc2)C1. The number of rotatable bonds is 4. The van der Waals surface area contributed by atoms with Crippen molar-refractivity contribution in [3.05, 3.63) is 35.9 Å². The van der Waals surface area contributed by atoms with Crippen molar-refractivity contribution in [3.63, 3.8) is 0 Å². The topological polar surface area (TPSA) is 29.5 Å². The molecule has 1 aromatic rings. The van der Waals surface area contributed by atoms with E-state index in [2.05, 4.69) is 29.2 Å². The minimum Gasteiger partial charge on any atom is -0.469 e. The zero-order chi connectivity index (χ0) is 12.8. The van der Waals surface area contributed by atoms with Gasteiger partial charge < -0.3 is 9.64 Å². The van der Waals surface area contributed by atoms with Crippen LogP contribution in [0.15, 0.2) is 30.3 Å². The van der Waals surface area contributed by atoms with Crippen LogP contribution >= 0.6 is 0 Å². The Morgan fingerprint density at radius 3 is 2.89 bits per heavy atom. The van der Waals surface area contributed by atoms with Crippen LogP contribution in [0.3, 0.4) is 0 Å². The lowest BCUT2D eigenvalue weighted by Crippen LogP contribution is -2.40. The molecule has 0 radical (unpaired) electrons. The third-order valence-electron chi connectivity index (χ3n) is 3.60. The summed E-state index contributed by atoms with van der Waals surface area (Å²) in [7, 11) is 1.48. The monoisotopic (exact) mass is 247 g/mol. The predicted molar refractivity (Wildman–Crippen MR) is 71.3 cm³/mol. The molecule has 2 rings (SSSR count). The van der Waals surface area contributed by atoms with Gasteiger partial charge in [-0.2, -0.15) is 0 Å². The maximum atomic E-state index is 11.5. The van der Waals surface area contributed by atoms with Gasteiger partial charge in [-0.25, -0.2) is 0 Å². The maximum absolute atomic E-state index is 11.5. The third-order valence-corrected chi connectivity index (χ3v) is 3.60. The van der Waals surface area contributed by atoms with E-state index in [4.69, 9.17) is 4.74 Å². The first-order valence-electron chi connectivity index (χ1n) is 6.63. The quantitative estimate of drug-likeness (QED) is 0.763. The van der Waals surface area contributed by atoms with Gasteiger partial charge in [0.25, 0.3) is 0 Å². The van der Waals surface area contributed by atoms with Crippen molar-refractivity contribution in [2.75, 3.05) is 26.7 Å². The number of methoxy groups -OCH3 is 1. The summed E-state index contributed by atoms with van der Waals surface area (Å²) >= 11 is 0. The van der Waals surface area contributed by atoms with Gasteiger partial charge in [-0.15, -0.1) is 0 Å². The molecular weight excluding hydrogens is 226 g/mol. The molecule has 3 heteroatoms. The number of hydrogen-bond acceptors (Lipinski definition) is 3. The normalized spacial score (nSPS) is 20.6. The third kappa shape index (κ3) is 3.57. The Morgan fingerprint density at radius 2 is 2.17 bits per heavy atom. The number of nitrogens with zero attached hydrogens (tertiary/aromatic N) is 1. The summed E-state index contributed by atoms with van der Waals surface area (Å²) in [6.07, 6.45) is 3.11. The van der Waals surface area contributed by atoms with Gasteiger partial charge in [0.2, 0.25) is 0 Å². The Hall–Kier alpha value is -1.35. The standard InChI is InChI=1S/C15H21NO2/c1-18-15(17)14-8-5-10-16(12-14)11-9-13-6-3-2-4-7-13/h2-4,6-7,14H,5,8-12H2,1H3. The van der Waals surface area contributed by atoms with Gasteiger partial charge in [0.05, 0.1) is 13.0 Å². The second kappa shape index (κ2) is 6.55. The lowest BCUT2D eigenvalue weighted by Gasteiger charge is -2.31. The highest BCUT2D eigenvalue weighted by molar-refractivity contribution is 5.72. The molecule has 0 bridgehead atoms. The van der Waals surface area contributed by atoms with Crippen molar-refractivity contribution in [1.82, 2.24) is 4.90 Å². The molecule has 0 spiro atoms. The minimum atomic E-state index is -0.0561. The molecule has 0 N–H and O–H groups in total. The van der Waals surface area contributed by atoms with Crippen molar-refractivity contribution in [2.24, 2.45) is 5.92 Å². The summed E-state index contributed by atoms with van der Waals surface area (Å²) in [5.41, 5.74) is 1.36. The number of esters is 1. The molecule has 1 atom stereocenters. The smallest absolute Gasteiger partial charge is 0.309 e. The fourth-order valence-electron chi connectivity index (χ4n) is 2.55. The summed E-state index contributed by atoms with van der Waals surface area (Å²) in [5, 5.41) is 0. The number of benzene rings is 1. The molecule has 0 aromatic heterocycles. The molecule has 1 aromatic carbocycles. The van der Waals surface area contributed by atoms with Gasteiger partial charge in [0.1, 0.15) is 0 Å². The molecule has 3 nitrogen and oxygen atoms in total. The lowest BCUT2D eigenvalue weighted by atomic mass is 9.98. The molecular formula is C15H21NO2. The first-order chi connectivity index (χ1) is 8.79. The number of carbonyl (C=O) groups is 1. The van der Waals surface area contributed by atoms with Gasteiger partial charge >= 0.3 is 5.97 Å².